The van der Waals surface area contributed by atoms with Crippen molar-refractivity contribution in [1.29, 1.82) is 5.26 Å². The molecular formula is C19H16F3N3O3. The van der Waals surface area contributed by atoms with Gasteiger partial charge in [-0.15, -0.1) is 0 Å². The number of halogens is 3. The second-order valence-corrected chi connectivity index (χ2v) is 5.41. The van der Waals surface area contributed by atoms with E-state index in [1.807, 2.05) is 0 Å². The molecule has 28 heavy (non-hydrogen) atoms. The second kappa shape index (κ2) is 8.81. The van der Waals surface area contributed by atoms with Crippen LogP contribution in [0, 0.1) is 11.3 Å². The summed E-state index contributed by atoms with van der Waals surface area (Å²) >= 11 is 0. The second-order valence-electron chi connectivity index (χ2n) is 5.41. The van der Waals surface area contributed by atoms with Gasteiger partial charge in [-0.1, -0.05) is 0 Å². The molecule has 0 unspecified atom stereocenters. The molecule has 6 nitrogen and oxygen atoms in total. The molecule has 1 amide bonds. The van der Waals surface area contributed by atoms with Crippen LogP contribution >= 0.6 is 0 Å². The van der Waals surface area contributed by atoms with Gasteiger partial charge in [0.15, 0.2) is 0 Å². The zero-order valence-corrected chi connectivity index (χ0v) is 14.9. The van der Waals surface area contributed by atoms with E-state index in [-0.39, 0.29) is 11.3 Å². The molecule has 0 spiro atoms. The zero-order chi connectivity index (χ0) is 20.7. The summed E-state index contributed by atoms with van der Waals surface area (Å²) in [5.41, 5.74) is -0.509. The highest BCUT2D eigenvalue weighted by molar-refractivity contribution is 6.07. The molecule has 0 saturated carbocycles. The normalized spacial score (nSPS) is 11.4. The highest BCUT2D eigenvalue weighted by Gasteiger charge is 2.29. The smallest absolute Gasteiger partial charge is 0.416 e. The van der Waals surface area contributed by atoms with Crippen LogP contribution in [0.25, 0.3) is 0 Å². The van der Waals surface area contributed by atoms with Crippen LogP contribution in [0.15, 0.2) is 54.2 Å². The van der Waals surface area contributed by atoms with Gasteiger partial charge in [-0.05, 0) is 36.4 Å². The van der Waals surface area contributed by atoms with Crippen molar-refractivity contribution >= 4 is 17.3 Å². The van der Waals surface area contributed by atoms with Crippen molar-refractivity contribution in [2.24, 2.45) is 0 Å². The Kier molecular flexibility index (Phi) is 6.50. The topological polar surface area (TPSA) is 83.4 Å². The average molecular weight is 391 g/mol. The fourth-order valence-corrected chi connectivity index (χ4v) is 2.16. The number of methoxy groups -OCH3 is 2. The minimum Gasteiger partial charge on any atom is -0.497 e. The van der Waals surface area contributed by atoms with Crippen LogP contribution in [0.5, 0.6) is 11.5 Å². The van der Waals surface area contributed by atoms with Crippen LogP contribution in [0.1, 0.15) is 5.56 Å². The first-order chi connectivity index (χ1) is 13.3. The quantitative estimate of drug-likeness (QED) is 0.570. The van der Waals surface area contributed by atoms with Crippen molar-refractivity contribution in [2.75, 3.05) is 24.9 Å². The molecule has 0 saturated heterocycles. The summed E-state index contributed by atoms with van der Waals surface area (Å²) in [5, 5.41) is 14.4. The minimum absolute atomic E-state index is 0.285. The third-order valence-corrected chi connectivity index (χ3v) is 3.62. The Morgan fingerprint density at radius 1 is 1.11 bits per heavy atom. The molecule has 146 valence electrons. The van der Waals surface area contributed by atoms with E-state index >= 15 is 0 Å². The summed E-state index contributed by atoms with van der Waals surface area (Å²) < 4.78 is 47.9. The number of alkyl halides is 3. The van der Waals surface area contributed by atoms with Gasteiger partial charge in [0, 0.05) is 18.0 Å². The summed E-state index contributed by atoms with van der Waals surface area (Å²) in [6.07, 6.45) is -3.34. The number of anilines is 2. The molecule has 0 radical (unpaired) electrons. The first-order valence-electron chi connectivity index (χ1n) is 7.86. The number of hydrogen-bond acceptors (Lipinski definition) is 5. The van der Waals surface area contributed by atoms with Crippen LogP contribution < -0.4 is 20.1 Å². The molecule has 2 rings (SSSR count). The van der Waals surface area contributed by atoms with Crippen LogP contribution in [0.2, 0.25) is 0 Å². The Labute approximate surface area is 159 Å². The summed E-state index contributed by atoms with van der Waals surface area (Å²) in [5.74, 6) is 0.108. The largest absolute Gasteiger partial charge is 0.497 e. The Bertz CT molecular complexity index is 917. The number of rotatable bonds is 6. The maximum absolute atomic E-state index is 12.6. The molecule has 0 aliphatic carbocycles. The average Bonchev–Trinajstić information content (AvgIpc) is 2.68. The third kappa shape index (κ3) is 5.17. The van der Waals surface area contributed by atoms with E-state index in [0.717, 1.165) is 18.3 Å². The van der Waals surface area contributed by atoms with Gasteiger partial charge in [-0.2, -0.15) is 18.4 Å². The van der Waals surface area contributed by atoms with Crippen molar-refractivity contribution in [2.45, 2.75) is 6.18 Å². The van der Waals surface area contributed by atoms with Crippen molar-refractivity contribution < 1.29 is 27.4 Å². The monoisotopic (exact) mass is 391 g/mol. The summed E-state index contributed by atoms with van der Waals surface area (Å²) in [6, 6.07) is 10.6. The third-order valence-electron chi connectivity index (χ3n) is 3.62. The van der Waals surface area contributed by atoms with E-state index < -0.39 is 17.6 Å². The van der Waals surface area contributed by atoms with Gasteiger partial charge < -0.3 is 20.1 Å². The number of benzene rings is 2. The zero-order valence-electron chi connectivity index (χ0n) is 14.9. The molecule has 0 aliphatic heterocycles. The number of amides is 1. The van der Waals surface area contributed by atoms with E-state index in [1.54, 1.807) is 18.2 Å². The standard InChI is InChI=1S/C19H16F3N3O3/c1-27-15-7-8-17(28-2)16(9-15)25-18(26)12(10-23)11-24-14-5-3-13(4-6-14)19(20,21)22/h3-9,11,24H,1-2H3,(H,25,26)/b12-11-. The number of hydrogen-bond donors (Lipinski definition) is 2. The molecule has 0 bridgehead atoms. The maximum atomic E-state index is 12.6. The van der Waals surface area contributed by atoms with Crippen LogP contribution in [0.3, 0.4) is 0 Å². The molecule has 2 aromatic carbocycles. The Balaban J connectivity index is 2.14. The van der Waals surface area contributed by atoms with E-state index in [9.17, 15) is 23.2 Å². The number of ether oxygens (including phenoxy) is 2. The maximum Gasteiger partial charge on any atom is 0.416 e. The summed E-state index contributed by atoms with van der Waals surface area (Å²) in [4.78, 5) is 12.3. The molecular weight excluding hydrogens is 375 g/mol. The number of nitriles is 1. The number of carbonyl (C=O) groups excluding carboxylic acids is 1. The molecule has 0 fully saturated rings. The van der Waals surface area contributed by atoms with Crippen LogP contribution in [-0.2, 0) is 11.0 Å². The Hall–Kier alpha value is -3.67. The Morgan fingerprint density at radius 3 is 2.32 bits per heavy atom. The van der Waals surface area contributed by atoms with Gasteiger partial charge in [0.1, 0.15) is 23.1 Å². The lowest BCUT2D eigenvalue weighted by Crippen LogP contribution is -2.15. The first-order valence-corrected chi connectivity index (χ1v) is 7.86. The van der Waals surface area contributed by atoms with E-state index in [2.05, 4.69) is 10.6 Å². The van der Waals surface area contributed by atoms with Crippen molar-refractivity contribution in [3.8, 4) is 17.6 Å². The van der Waals surface area contributed by atoms with Gasteiger partial charge in [0.2, 0.25) is 0 Å². The molecule has 0 heterocycles. The van der Waals surface area contributed by atoms with Gasteiger partial charge in [-0.25, -0.2) is 0 Å². The molecule has 2 N–H and O–H groups in total. The number of nitrogens with zero attached hydrogens (tertiary/aromatic N) is 1. The predicted molar refractivity (Wildman–Crippen MR) is 96.9 cm³/mol. The molecule has 9 heteroatoms. The minimum atomic E-state index is -4.44. The van der Waals surface area contributed by atoms with Crippen molar-refractivity contribution in [3.63, 3.8) is 0 Å². The molecule has 0 aromatic heterocycles. The summed E-state index contributed by atoms with van der Waals surface area (Å²) in [7, 11) is 2.88. The van der Waals surface area contributed by atoms with E-state index in [1.165, 1.54) is 32.4 Å². The lowest BCUT2D eigenvalue weighted by molar-refractivity contribution is -0.137. The fourth-order valence-electron chi connectivity index (χ4n) is 2.16. The lowest BCUT2D eigenvalue weighted by atomic mass is 10.2. The molecule has 0 atom stereocenters. The predicted octanol–water partition coefficient (Wildman–Crippen LogP) is 4.18. The van der Waals surface area contributed by atoms with E-state index in [0.29, 0.717) is 17.2 Å². The molecule has 2 aromatic rings. The highest BCUT2D eigenvalue weighted by Crippen LogP contribution is 2.30. The van der Waals surface area contributed by atoms with Gasteiger partial charge in [0.25, 0.3) is 5.91 Å². The van der Waals surface area contributed by atoms with E-state index in [4.69, 9.17) is 9.47 Å². The Morgan fingerprint density at radius 2 is 1.79 bits per heavy atom. The molecule has 0 aliphatic rings. The first kappa shape index (κ1) is 20.6. The van der Waals surface area contributed by atoms with Crippen LogP contribution in [-0.4, -0.2) is 20.1 Å². The number of carbonyl (C=O) groups is 1. The van der Waals surface area contributed by atoms with Gasteiger partial charge >= 0.3 is 6.18 Å². The summed E-state index contributed by atoms with van der Waals surface area (Å²) in [6.45, 7) is 0. The number of nitrogens with one attached hydrogen (secondary N) is 2. The lowest BCUT2D eigenvalue weighted by Gasteiger charge is -2.11. The van der Waals surface area contributed by atoms with Crippen LogP contribution in [0.4, 0.5) is 24.5 Å². The van der Waals surface area contributed by atoms with Crippen molar-refractivity contribution in [3.05, 3.63) is 59.8 Å². The SMILES string of the molecule is COc1ccc(OC)c(NC(=O)/C(C#N)=C\Nc2ccc(C(F)(F)F)cc2)c1. The van der Waals surface area contributed by atoms with Gasteiger partial charge in [-0.3, -0.25) is 4.79 Å². The highest BCUT2D eigenvalue weighted by atomic mass is 19.4. The van der Waals surface area contributed by atoms with Crippen molar-refractivity contribution in [1.82, 2.24) is 0 Å². The fraction of sp³-hybridized carbons (Fsp3) is 0.158. The van der Waals surface area contributed by atoms with Gasteiger partial charge in [0.05, 0.1) is 25.5 Å².